The number of anilines is 1. The SMILES string of the molecule is CC(C)Oc1nc(N)nc(Oc2ccc(Cl)cc2Br)n1. The molecular formula is C12H12BrClN4O2. The summed E-state index contributed by atoms with van der Waals surface area (Å²) in [6, 6.07) is 5.25. The van der Waals surface area contributed by atoms with E-state index in [1.807, 2.05) is 13.8 Å². The number of rotatable bonds is 4. The van der Waals surface area contributed by atoms with Crippen LogP contribution < -0.4 is 15.2 Å². The van der Waals surface area contributed by atoms with Gasteiger partial charge in [-0.1, -0.05) is 11.6 Å². The molecule has 0 spiro atoms. The average molecular weight is 360 g/mol. The van der Waals surface area contributed by atoms with Crippen LogP contribution in [-0.4, -0.2) is 21.1 Å². The van der Waals surface area contributed by atoms with E-state index < -0.39 is 0 Å². The normalized spacial score (nSPS) is 10.7. The van der Waals surface area contributed by atoms with Gasteiger partial charge < -0.3 is 15.2 Å². The van der Waals surface area contributed by atoms with Gasteiger partial charge in [0, 0.05) is 5.02 Å². The first kappa shape index (κ1) is 14.8. The summed E-state index contributed by atoms with van der Waals surface area (Å²) in [6.45, 7) is 3.71. The van der Waals surface area contributed by atoms with Crippen molar-refractivity contribution in [1.29, 1.82) is 0 Å². The topological polar surface area (TPSA) is 83.2 Å². The summed E-state index contributed by atoms with van der Waals surface area (Å²) in [5.41, 5.74) is 5.60. The van der Waals surface area contributed by atoms with Gasteiger partial charge in [0.15, 0.2) is 0 Å². The number of nitrogens with zero attached hydrogens (tertiary/aromatic N) is 3. The molecule has 0 aliphatic rings. The van der Waals surface area contributed by atoms with E-state index in [0.717, 1.165) is 0 Å². The second-order valence-corrected chi connectivity index (χ2v) is 5.39. The molecule has 0 bridgehead atoms. The Labute approximate surface area is 129 Å². The summed E-state index contributed by atoms with van der Waals surface area (Å²) >= 11 is 9.20. The zero-order valence-corrected chi connectivity index (χ0v) is 13.1. The van der Waals surface area contributed by atoms with Crippen molar-refractivity contribution < 1.29 is 9.47 Å². The van der Waals surface area contributed by atoms with Gasteiger partial charge in [0.25, 0.3) is 0 Å². The number of ether oxygens (including phenoxy) is 2. The zero-order valence-electron chi connectivity index (χ0n) is 10.8. The first-order valence-corrected chi connectivity index (χ1v) is 6.92. The number of aromatic nitrogens is 3. The summed E-state index contributed by atoms with van der Waals surface area (Å²) in [7, 11) is 0. The van der Waals surface area contributed by atoms with Crippen LogP contribution in [0, 0.1) is 0 Å². The molecule has 0 amide bonds. The van der Waals surface area contributed by atoms with Crippen LogP contribution in [0.2, 0.25) is 5.02 Å². The summed E-state index contributed by atoms with van der Waals surface area (Å²) in [4.78, 5) is 11.8. The molecule has 0 fully saturated rings. The largest absolute Gasteiger partial charge is 0.461 e. The monoisotopic (exact) mass is 358 g/mol. The Morgan fingerprint density at radius 3 is 2.55 bits per heavy atom. The fourth-order valence-corrected chi connectivity index (χ4v) is 2.08. The van der Waals surface area contributed by atoms with Crippen LogP contribution in [0.4, 0.5) is 5.95 Å². The van der Waals surface area contributed by atoms with E-state index in [4.69, 9.17) is 26.8 Å². The lowest BCUT2D eigenvalue weighted by molar-refractivity contribution is 0.219. The number of nitrogen functional groups attached to an aromatic ring is 1. The molecule has 0 saturated heterocycles. The molecule has 2 rings (SSSR count). The van der Waals surface area contributed by atoms with Crippen molar-refractivity contribution in [3.63, 3.8) is 0 Å². The second-order valence-electron chi connectivity index (χ2n) is 4.10. The van der Waals surface area contributed by atoms with Gasteiger partial charge in [-0.3, -0.25) is 0 Å². The Kier molecular flexibility index (Phi) is 4.61. The lowest BCUT2D eigenvalue weighted by Gasteiger charge is -2.10. The molecule has 0 radical (unpaired) electrons. The van der Waals surface area contributed by atoms with Crippen LogP contribution in [0.3, 0.4) is 0 Å². The molecule has 0 aliphatic carbocycles. The maximum atomic E-state index is 5.86. The first-order chi connectivity index (χ1) is 9.44. The van der Waals surface area contributed by atoms with Gasteiger partial charge in [0.1, 0.15) is 5.75 Å². The van der Waals surface area contributed by atoms with Crippen molar-refractivity contribution in [2.24, 2.45) is 0 Å². The van der Waals surface area contributed by atoms with Crippen LogP contribution in [0.5, 0.6) is 17.8 Å². The van der Waals surface area contributed by atoms with Crippen molar-refractivity contribution in [2.75, 3.05) is 5.73 Å². The summed E-state index contributed by atoms with van der Waals surface area (Å²) in [5.74, 6) is 0.534. The molecule has 0 atom stereocenters. The Hall–Kier alpha value is -1.60. The average Bonchev–Trinajstić information content (AvgIpc) is 2.31. The van der Waals surface area contributed by atoms with Gasteiger partial charge in [0.2, 0.25) is 5.95 Å². The first-order valence-electron chi connectivity index (χ1n) is 5.75. The summed E-state index contributed by atoms with van der Waals surface area (Å²) in [5, 5.41) is 0.586. The minimum Gasteiger partial charge on any atom is -0.461 e. The standard InChI is InChI=1S/C12H12BrClN4O2/c1-6(2)19-11-16-10(15)17-12(18-11)20-9-4-3-7(14)5-8(9)13/h3-6H,1-2H3,(H2,15,16,17,18). The number of hydrogen-bond acceptors (Lipinski definition) is 6. The van der Waals surface area contributed by atoms with E-state index >= 15 is 0 Å². The van der Waals surface area contributed by atoms with Crippen molar-refractivity contribution in [2.45, 2.75) is 20.0 Å². The van der Waals surface area contributed by atoms with E-state index in [1.54, 1.807) is 18.2 Å². The van der Waals surface area contributed by atoms with Gasteiger partial charge >= 0.3 is 12.0 Å². The molecule has 106 valence electrons. The van der Waals surface area contributed by atoms with E-state index in [0.29, 0.717) is 15.2 Å². The fraction of sp³-hybridized carbons (Fsp3) is 0.250. The number of nitrogens with two attached hydrogens (primary N) is 1. The third-order valence-electron chi connectivity index (χ3n) is 2.05. The van der Waals surface area contributed by atoms with E-state index in [2.05, 4.69) is 30.9 Å². The van der Waals surface area contributed by atoms with Crippen molar-refractivity contribution in [3.05, 3.63) is 27.7 Å². The van der Waals surface area contributed by atoms with Crippen LogP contribution in [0.1, 0.15) is 13.8 Å². The predicted molar refractivity (Wildman–Crippen MR) is 79.2 cm³/mol. The third kappa shape index (κ3) is 3.94. The minimum atomic E-state index is -0.0769. The molecule has 2 N–H and O–H groups in total. The maximum Gasteiger partial charge on any atom is 0.330 e. The van der Waals surface area contributed by atoms with Gasteiger partial charge in [0.05, 0.1) is 10.6 Å². The fourth-order valence-electron chi connectivity index (χ4n) is 1.32. The lowest BCUT2D eigenvalue weighted by Crippen LogP contribution is -2.11. The molecule has 0 aliphatic heterocycles. The number of halogens is 2. The molecule has 0 saturated carbocycles. The number of benzene rings is 1. The molecular weight excluding hydrogens is 348 g/mol. The highest BCUT2D eigenvalue weighted by Gasteiger charge is 2.11. The predicted octanol–water partition coefficient (Wildman–Crippen LogP) is 3.45. The number of hydrogen-bond donors (Lipinski definition) is 1. The van der Waals surface area contributed by atoms with Crippen molar-refractivity contribution in [3.8, 4) is 17.8 Å². The maximum absolute atomic E-state index is 5.86. The summed E-state index contributed by atoms with van der Waals surface area (Å²) in [6.07, 6.45) is -0.0769. The van der Waals surface area contributed by atoms with Gasteiger partial charge in [-0.05, 0) is 48.0 Å². The van der Waals surface area contributed by atoms with E-state index in [9.17, 15) is 0 Å². The van der Waals surface area contributed by atoms with Crippen LogP contribution in [-0.2, 0) is 0 Å². The second kappa shape index (κ2) is 6.23. The highest BCUT2D eigenvalue weighted by atomic mass is 79.9. The van der Waals surface area contributed by atoms with Gasteiger partial charge in [-0.25, -0.2) is 0 Å². The highest BCUT2D eigenvalue weighted by molar-refractivity contribution is 9.10. The molecule has 1 aromatic carbocycles. The van der Waals surface area contributed by atoms with E-state index in [1.165, 1.54) is 0 Å². The lowest BCUT2D eigenvalue weighted by atomic mass is 10.3. The van der Waals surface area contributed by atoms with E-state index in [-0.39, 0.29) is 24.1 Å². The zero-order chi connectivity index (χ0) is 14.7. The van der Waals surface area contributed by atoms with Crippen LogP contribution in [0.25, 0.3) is 0 Å². The smallest absolute Gasteiger partial charge is 0.330 e. The van der Waals surface area contributed by atoms with Crippen LogP contribution >= 0.6 is 27.5 Å². The molecule has 1 heterocycles. The minimum absolute atomic E-state index is 0.0238. The Bertz CT molecular complexity index is 624. The van der Waals surface area contributed by atoms with Crippen LogP contribution in [0.15, 0.2) is 22.7 Å². The molecule has 0 unspecified atom stereocenters. The highest BCUT2D eigenvalue weighted by Crippen LogP contribution is 2.31. The van der Waals surface area contributed by atoms with Gasteiger partial charge in [-0.2, -0.15) is 9.97 Å². The molecule has 20 heavy (non-hydrogen) atoms. The third-order valence-corrected chi connectivity index (χ3v) is 2.90. The molecule has 1 aromatic heterocycles. The molecule has 8 heteroatoms. The Morgan fingerprint density at radius 2 is 1.90 bits per heavy atom. The molecule has 6 nitrogen and oxygen atoms in total. The quantitative estimate of drug-likeness (QED) is 0.900. The Morgan fingerprint density at radius 1 is 1.20 bits per heavy atom. The van der Waals surface area contributed by atoms with Crippen molar-refractivity contribution >= 4 is 33.5 Å². The Balaban J connectivity index is 2.26. The molecule has 2 aromatic rings. The summed E-state index contributed by atoms with van der Waals surface area (Å²) < 4.78 is 11.6. The van der Waals surface area contributed by atoms with Gasteiger partial charge in [-0.15, -0.1) is 4.98 Å². The van der Waals surface area contributed by atoms with Crippen molar-refractivity contribution in [1.82, 2.24) is 15.0 Å².